The van der Waals surface area contributed by atoms with Gasteiger partial charge in [-0.05, 0) is 34.4 Å². The van der Waals surface area contributed by atoms with E-state index >= 15 is 0 Å². The molecule has 4 heteroatoms. The van der Waals surface area contributed by atoms with Crippen molar-refractivity contribution in [3.8, 4) is 67.4 Å². The number of aromatic nitrogens is 3. The maximum absolute atomic E-state index is 5.34. The van der Waals surface area contributed by atoms with E-state index in [1.54, 1.807) is 0 Å². The van der Waals surface area contributed by atoms with Gasteiger partial charge in [-0.25, -0.2) is 15.0 Å². The molecule has 3 heterocycles. The van der Waals surface area contributed by atoms with Gasteiger partial charge in [-0.2, -0.15) is 0 Å². The molecule has 266 valence electrons. The van der Waals surface area contributed by atoms with Gasteiger partial charge >= 0.3 is 0 Å². The van der Waals surface area contributed by atoms with Gasteiger partial charge in [0.15, 0.2) is 5.82 Å². The summed E-state index contributed by atoms with van der Waals surface area (Å²) in [6.45, 7) is 0. The van der Waals surface area contributed by atoms with E-state index in [1.807, 2.05) is 17.4 Å². The number of para-hydroxylation sites is 1. The van der Waals surface area contributed by atoms with Gasteiger partial charge in [-0.1, -0.05) is 188 Å². The van der Waals surface area contributed by atoms with Crippen molar-refractivity contribution in [2.24, 2.45) is 0 Å². The topological polar surface area (TPSA) is 38.7 Å². The van der Waals surface area contributed by atoms with Gasteiger partial charge in [0.1, 0.15) is 0 Å². The fraction of sp³-hybridized carbons (Fsp3) is 0. The lowest BCUT2D eigenvalue weighted by molar-refractivity contribution is 1.19. The molecule has 0 aliphatic heterocycles. The van der Waals surface area contributed by atoms with Gasteiger partial charge in [0.25, 0.3) is 0 Å². The van der Waals surface area contributed by atoms with Crippen LogP contribution in [0.5, 0.6) is 0 Å². The normalized spacial score (nSPS) is 11.5. The number of nitrogens with zero attached hydrogens (tertiary/aromatic N) is 3. The lowest BCUT2D eigenvalue weighted by Crippen LogP contribution is -1.96. The molecule has 0 bridgehead atoms. The van der Waals surface area contributed by atoms with Crippen molar-refractivity contribution in [2.75, 3.05) is 0 Å². The Balaban J connectivity index is 1.12. The van der Waals surface area contributed by atoms with Crippen LogP contribution < -0.4 is 0 Å². The zero-order valence-electron chi connectivity index (χ0n) is 30.8. The fourth-order valence-electron chi connectivity index (χ4n) is 8.08. The highest BCUT2D eigenvalue weighted by molar-refractivity contribution is 7.27. The van der Waals surface area contributed by atoms with Gasteiger partial charge in [0.05, 0.1) is 22.6 Å². The van der Waals surface area contributed by atoms with Crippen LogP contribution in [0.15, 0.2) is 200 Å². The van der Waals surface area contributed by atoms with Crippen LogP contribution in [0, 0.1) is 0 Å². The van der Waals surface area contributed by atoms with Crippen molar-refractivity contribution in [3.05, 3.63) is 200 Å². The summed E-state index contributed by atoms with van der Waals surface area (Å²) in [7, 11) is 0. The largest absolute Gasteiger partial charge is 0.247 e. The van der Waals surface area contributed by atoms with E-state index in [9.17, 15) is 0 Å². The fourth-order valence-corrected chi connectivity index (χ4v) is 9.46. The van der Waals surface area contributed by atoms with E-state index in [0.29, 0.717) is 5.82 Å². The first-order chi connectivity index (χ1) is 28.2. The molecule has 0 saturated heterocycles. The zero-order chi connectivity index (χ0) is 37.7. The third-order valence-electron chi connectivity index (χ3n) is 10.9. The SMILES string of the molecule is c1ccc(-c2ccc(-c3cc(-c4cccc5c4sc4c5ccc5c(-c6ccccc6)nc6ccccc6c54)nc(-c4ccc(-c5ccccc5)cc4)n3)cc2)cc1. The number of benzene rings is 8. The Morgan fingerprint density at radius 1 is 0.316 bits per heavy atom. The molecule has 0 N–H and O–H groups in total. The summed E-state index contributed by atoms with van der Waals surface area (Å²) in [4.78, 5) is 15.8. The number of hydrogen-bond donors (Lipinski definition) is 0. The monoisotopic (exact) mass is 743 g/mol. The van der Waals surface area contributed by atoms with Crippen LogP contribution in [0.4, 0.5) is 0 Å². The summed E-state index contributed by atoms with van der Waals surface area (Å²) in [6.07, 6.45) is 0. The zero-order valence-corrected chi connectivity index (χ0v) is 31.6. The number of hydrogen-bond acceptors (Lipinski definition) is 4. The molecular weight excluding hydrogens is 711 g/mol. The Bertz CT molecular complexity index is 3150. The number of fused-ring (bicyclic) bond motifs is 7. The minimum atomic E-state index is 0.697. The highest BCUT2D eigenvalue weighted by Crippen LogP contribution is 2.46. The van der Waals surface area contributed by atoms with Gasteiger partial charge in [-0.3, -0.25) is 0 Å². The van der Waals surface area contributed by atoms with Crippen molar-refractivity contribution in [3.63, 3.8) is 0 Å². The van der Waals surface area contributed by atoms with Crippen molar-refractivity contribution in [2.45, 2.75) is 0 Å². The van der Waals surface area contributed by atoms with Gasteiger partial charge in [0.2, 0.25) is 0 Å². The molecule has 0 fully saturated rings. The quantitative estimate of drug-likeness (QED) is 0.159. The Labute approximate surface area is 334 Å². The van der Waals surface area contributed by atoms with E-state index in [0.717, 1.165) is 61.2 Å². The third kappa shape index (κ3) is 5.86. The lowest BCUT2D eigenvalue weighted by atomic mass is 9.97. The van der Waals surface area contributed by atoms with Crippen LogP contribution in [0.25, 0.3) is 109 Å². The molecule has 11 aromatic rings. The molecule has 0 radical (unpaired) electrons. The predicted octanol–water partition coefficient (Wildman–Crippen LogP) is 14.5. The Hall–Kier alpha value is -7.27. The molecule has 0 amide bonds. The highest BCUT2D eigenvalue weighted by atomic mass is 32.1. The molecule has 3 aromatic heterocycles. The van der Waals surface area contributed by atoms with Crippen molar-refractivity contribution in [1.82, 2.24) is 15.0 Å². The number of thiophene rings is 1. The van der Waals surface area contributed by atoms with E-state index in [4.69, 9.17) is 15.0 Å². The van der Waals surface area contributed by atoms with Crippen molar-refractivity contribution in [1.29, 1.82) is 0 Å². The van der Waals surface area contributed by atoms with Gasteiger partial charge < -0.3 is 0 Å². The molecule has 0 atom stereocenters. The summed E-state index contributed by atoms with van der Waals surface area (Å²) in [5.41, 5.74) is 12.7. The highest BCUT2D eigenvalue weighted by Gasteiger charge is 2.19. The van der Waals surface area contributed by atoms with Gasteiger partial charge in [-0.15, -0.1) is 11.3 Å². The van der Waals surface area contributed by atoms with E-state index in [1.165, 1.54) is 42.2 Å². The van der Waals surface area contributed by atoms with E-state index in [-0.39, 0.29) is 0 Å². The molecular formula is C53H33N3S. The Morgan fingerprint density at radius 3 is 1.51 bits per heavy atom. The average molecular weight is 744 g/mol. The smallest absolute Gasteiger partial charge is 0.160 e. The second-order valence-electron chi connectivity index (χ2n) is 14.3. The van der Waals surface area contributed by atoms with Crippen LogP contribution in [-0.4, -0.2) is 15.0 Å². The average Bonchev–Trinajstić information content (AvgIpc) is 3.69. The first kappa shape index (κ1) is 33.1. The molecule has 57 heavy (non-hydrogen) atoms. The van der Waals surface area contributed by atoms with Crippen LogP contribution >= 0.6 is 11.3 Å². The van der Waals surface area contributed by atoms with Gasteiger partial charge in [0, 0.05) is 58.6 Å². The first-order valence-electron chi connectivity index (χ1n) is 19.2. The molecule has 3 nitrogen and oxygen atoms in total. The van der Waals surface area contributed by atoms with Crippen molar-refractivity contribution >= 4 is 53.2 Å². The summed E-state index contributed by atoms with van der Waals surface area (Å²) in [5.74, 6) is 0.697. The minimum Gasteiger partial charge on any atom is -0.247 e. The lowest BCUT2D eigenvalue weighted by Gasteiger charge is -2.11. The molecule has 0 spiro atoms. The van der Waals surface area contributed by atoms with E-state index in [2.05, 4.69) is 194 Å². The van der Waals surface area contributed by atoms with E-state index < -0.39 is 0 Å². The summed E-state index contributed by atoms with van der Waals surface area (Å²) >= 11 is 1.85. The summed E-state index contributed by atoms with van der Waals surface area (Å²) < 4.78 is 2.46. The van der Waals surface area contributed by atoms with Crippen LogP contribution in [-0.2, 0) is 0 Å². The molecule has 0 aliphatic carbocycles. The maximum Gasteiger partial charge on any atom is 0.160 e. The van der Waals surface area contributed by atoms with Crippen LogP contribution in [0.2, 0.25) is 0 Å². The maximum atomic E-state index is 5.34. The third-order valence-corrected chi connectivity index (χ3v) is 12.2. The second-order valence-corrected chi connectivity index (χ2v) is 15.4. The minimum absolute atomic E-state index is 0.697. The Kier molecular flexibility index (Phi) is 8.01. The first-order valence-corrected chi connectivity index (χ1v) is 20.0. The molecule has 8 aromatic carbocycles. The summed E-state index contributed by atoms with van der Waals surface area (Å²) in [5, 5.41) is 6.02. The predicted molar refractivity (Wildman–Crippen MR) is 240 cm³/mol. The standard InChI is InChI=1S/C53H33N3S/c1-4-13-34(14-5-1)36-23-27-38(28-24-36)47-33-48(56-53(55-47)40-29-25-37(26-30-40)35-15-6-2-7-16-35)44-21-12-20-41-42-31-32-45-49(52(42)57-51(41)44)43-19-10-11-22-46(43)54-50(45)39-17-8-3-9-18-39/h1-33H. The second kappa shape index (κ2) is 13.8. The van der Waals surface area contributed by atoms with Crippen molar-refractivity contribution < 1.29 is 0 Å². The number of rotatable bonds is 6. The van der Waals surface area contributed by atoms with Crippen LogP contribution in [0.3, 0.4) is 0 Å². The molecule has 0 saturated carbocycles. The molecule has 0 aliphatic rings. The summed E-state index contributed by atoms with van der Waals surface area (Å²) in [6, 6.07) is 70.7. The Morgan fingerprint density at radius 2 is 0.825 bits per heavy atom. The molecule has 11 rings (SSSR count). The number of pyridine rings is 1. The van der Waals surface area contributed by atoms with Crippen LogP contribution in [0.1, 0.15) is 0 Å². The molecule has 0 unspecified atom stereocenters.